The highest BCUT2D eigenvalue weighted by Gasteiger charge is 2.07. The standard InChI is InChI=1S/C15H25NO2/c1-11(2)8-16-9-14(17)10-18-15-7-5-6-12(3)13(15)4/h5-7,11,14,16-17H,8-10H2,1-4H3/t14-/m0/s1. The molecule has 0 fully saturated rings. The first kappa shape index (κ1) is 15.0. The molecule has 3 nitrogen and oxygen atoms in total. The summed E-state index contributed by atoms with van der Waals surface area (Å²) in [6.07, 6.45) is -0.469. The second kappa shape index (κ2) is 7.39. The van der Waals surface area contributed by atoms with Crippen LogP contribution in [0.5, 0.6) is 5.75 Å². The maximum atomic E-state index is 9.80. The number of ether oxygens (including phenoxy) is 1. The Kier molecular flexibility index (Phi) is 6.16. The van der Waals surface area contributed by atoms with Crippen molar-refractivity contribution in [1.29, 1.82) is 0 Å². The molecule has 2 N–H and O–H groups in total. The van der Waals surface area contributed by atoms with Crippen molar-refractivity contribution in [3.05, 3.63) is 29.3 Å². The molecule has 0 spiro atoms. The van der Waals surface area contributed by atoms with Crippen molar-refractivity contribution in [3.63, 3.8) is 0 Å². The molecule has 0 aromatic heterocycles. The lowest BCUT2D eigenvalue weighted by Gasteiger charge is -2.16. The smallest absolute Gasteiger partial charge is 0.122 e. The van der Waals surface area contributed by atoms with E-state index in [-0.39, 0.29) is 0 Å². The van der Waals surface area contributed by atoms with Crippen molar-refractivity contribution in [2.24, 2.45) is 5.92 Å². The predicted molar refractivity (Wildman–Crippen MR) is 75.1 cm³/mol. The number of hydrogen-bond acceptors (Lipinski definition) is 3. The SMILES string of the molecule is Cc1cccc(OC[C@@H](O)CNCC(C)C)c1C. The summed E-state index contributed by atoms with van der Waals surface area (Å²) in [6.45, 7) is 10.2. The number of hydrogen-bond donors (Lipinski definition) is 2. The number of aliphatic hydroxyl groups is 1. The molecule has 18 heavy (non-hydrogen) atoms. The quantitative estimate of drug-likeness (QED) is 0.781. The summed E-state index contributed by atoms with van der Waals surface area (Å²) in [6, 6.07) is 5.97. The molecule has 0 saturated heterocycles. The molecule has 1 aromatic rings. The molecule has 1 atom stereocenters. The van der Waals surface area contributed by atoms with E-state index >= 15 is 0 Å². The molecule has 0 unspecified atom stereocenters. The molecule has 0 aliphatic rings. The minimum atomic E-state index is -0.469. The fraction of sp³-hybridized carbons (Fsp3) is 0.600. The van der Waals surface area contributed by atoms with Crippen LogP contribution in [0.3, 0.4) is 0 Å². The van der Waals surface area contributed by atoms with Crippen LogP contribution in [-0.2, 0) is 0 Å². The molecule has 0 radical (unpaired) electrons. The summed E-state index contributed by atoms with van der Waals surface area (Å²) >= 11 is 0. The van der Waals surface area contributed by atoms with Gasteiger partial charge >= 0.3 is 0 Å². The van der Waals surface area contributed by atoms with Crippen molar-refractivity contribution < 1.29 is 9.84 Å². The Labute approximate surface area is 110 Å². The molecule has 0 bridgehead atoms. The van der Waals surface area contributed by atoms with Crippen LogP contribution in [0.25, 0.3) is 0 Å². The number of aryl methyl sites for hydroxylation is 1. The van der Waals surface area contributed by atoms with E-state index in [1.165, 1.54) is 5.56 Å². The van der Waals surface area contributed by atoms with Gasteiger partial charge in [-0.25, -0.2) is 0 Å². The number of benzene rings is 1. The normalized spacial score (nSPS) is 12.8. The van der Waals surface area contributed by atoms with E-state index in [0.29, 0.717) is 19.1 Å². The van der Waals surface area contributed by atoms with E-state index < -0.39 is 6.10 Å². The monoisotopic (exact) mass is 251 g/mol. The molecular weight excluding hydrogens is 226 g/mol. The molecule has 1 rings (SSSR count). The van der Waals surface area contributed by atoms with Gasteiger partial charge in [-0.05, 0) is 43.5 Å². The van der Waals surface area contributed by atoms with E-state index in [4.69, 9.17) is 4.74 Å². The lowest BCUT2D eigenvalue weighted by Crippen LogP contribution is -2.33. The summed E-state index contributed by atoms with van der Waals surface area (Å²) in [5, 5.41) is 13.0. The summed E-state index contributed by atoms with van der Waals surface area (Å²) in [7, 11) is 0. The molecule has 3 heteroatoms. The molecule has 0 heterocycles. The van der Waals surface area contributed by atoms with Crippen LogP contribution < -0.4 is 10.1 Å². The highest BCUT2D eigenvalue weighted by molar-refractivity contribution is 5.38. The van der Waals surface area contributed by atoms with Gasteiger partial charge in [0, 0.05) is 6.54 Å². The van der Waals surface area contributed by atoms with Gasteiger partial charge in [0.15, 0.2) is 0 Å². The highest BCUT2D eigenvalue weighted by atomic mass is 16.5. The van der Waals surface area contributed by atoms with E-state index in [2.05, 4.69) is 32.2 Å². The highest BCUT2D eigenvalue weighted by Crippen LogP contribution is 2.20. The Morgan fingerprint density at radius 1 is 1.22 bits per heavy atom. The molecule has 1 aromatic carbocycles. The van der Waals surface area contributed by atoms with Crippen LogP contribution in [0.1, 0.15) is 25.0 Å². The Balaban J connectivity index is 2.33. The van der Waals surface area contributed by atoms with Gasteiger partial charge < -0.3 is 15.2 Å². The summed E-state index contributed by atoms with van der Waals surface area (Å²) in [5.74, 6) is 1.45. The molecule has 0 amide bonds. The lowest BCUT2D eigenvalue weighted by atomic mass is 10.1. The van der Waals surface area contributed by atoms with E-state index in [9.17, 15) is 5.11 Å². The van der Waals surface area contributed by atoms with Crippen molar-refractivity contribution in [2.75, 3.05) is 19.7 Å². The average molecular weight is 251 g/mol. The Hall–Kier alpha value is -1.06. The van der Waals surface area contributed by atoms with Crippen molar-refractivity contribution >= 4 is 0 Å². The second-order valence-electron chi connectivity index (χ2n) is 5.21. The lowest BCUT2D eigenvalue weighted by molar-refractivity contribution is 0.105. The number of nitrogens with one attached hydrogen (secondary N) is 1. The van der Waals surface area contributed by atoms with Crippen molar-refractivity contribution in [1.82, 2.24) is 5.32 Å². The zero-order valence-corrected chi connectivity index (χ0v) is 11.9. The van der Waals surface area contributed by atoms with Gasteiger partial charge in [-0.1, -0.05) is 26.0 Å². The Morgan fingerprint density at radius 2 is 1.94 bits per heavy atom. The third-order valence-corrected chi connectivity index (χ3v) is 2.92. The fourth-order valence-corrected chi connectivity index (χ4v) is 1.66. The van der Waals surface area contributed by atoms with E-state index in [1.807, 2.05) is 19.1 Å². The molecule has 0 aliphatic heterocycles. The topological polar surface area (TPSA) is 41.5 Å². The molecule has 102 valence electrons. The Morgan fingerprint density at radius 3 is 2.61 bits per heavy atom. The van der Waals surface area contributed by atoms with Crippen LogP contribution in [0.2, 0.25) is 0 Å². The summed E-state index contributed by atoms with van der Waals surface area (Å²) in [5.41, 5.74) is 2.35. The minimum Gasteiger partial charge on any atom is -0.491 e. The third-order valence-electron chi connectivity index (χ3n) is 2.92. The first-order valence-corrected chi connectivity index (χ1v) is 6.58. The maximum absolute atomic E-state index is 9.80. The molecule has 0 aliphatic carbocycles. The molecule has 0 saturated carbocycles. The second-order valence-corrected chi connectivity index (χ2v) is 5.21. The summed E-state index contributed by atoms with van der Waals surface area (Å²) in [4.78, 5) is 0. The van der Waals surface area contributed by atoms with Gasteiger partial charge in [-0.2, -0.15) is 0 Å². The summed E-state index contributed by atoms with van der Waals surface area (Å²) < 4.78 is 5.65. The fourth-order valence-electron chi connectivity index (χ4n) is 1.66. The van der Waals surface area contributed by atoms with Crippen LogP contribution in [0.15, 0.2) is 18.2 Å². The Bertz CT molecular complexity index is 364. The largest absolute Gasteiger partial charge is 0.491 e. The third kappa shape index (κ3) is 5.07. The van der Waals surface area contributed by atoms with E-state index in [1.54, 1.807) is 0 Å². The number of rotatable bonds is 7. The van der Waals surface area contributed by atoms with Gasteiger partial charge in [-0.15, -0.1) is 0 Å². The zero-order valence-electron chi connectivity index (χ0n) is 11.9. The average Bonchev–Trinajstić information content (AvgIpc) is 2.30. The first-order valence-electron chi connectivity index (χ1n) is 6.58. The van der Waals surface area contributed by atoms with Crippen LogP contribution in [0, 0.1) is 19.8 Å². The van der Waals surface area contributed by atoms with Gasteiger partial charge in [-0.3, -0.25) is 0 Å². The first-order chi connectivity index (χ1) is 8.50. The molecular formula is C15H25NO2. The minimum absolute atomic E-state index is 0.329. The van der Waals surface area contributed by atoms with Gasteiger partial charge in [0.25, 0.3) is 0 Å². The van der Waals surface area contributed by atoms with Gasteiger partial charge in [0.2, 0.25) is 0 Å². The zero-order chi connectivity index (χ0) is 13.5. The van der Waals surface area contributed by atoms with Crippen LogP contribution in [-0.4, -0.2) is 30.9 Å². The van der Waals surface area contributed by atoms with Crippen molar-refractivity contribution in [2.45, 2.75) is 33.8 Å². The van der Waals surface area contributed by atoms with Crippen LogP contribution >= 0.6 is 0 Å². The number of aliphatic hydroxyl groups excluding tert-OH is 1. The van der Waals surface area contributed by atoms with Crippen LogP contribution in [0.4, 0.5) is 0 Å². The van der Waals surface area contributed by atoms with Crippen molar-refractivity contribution in [3.8, 4) is 5.75 Å². The van der Waals surface area contributed by atoms with Gasteiger partial charge in [0.05, 0.1) is 0 Å². The van der Waals surface area contributed by atoms with Gasteiger partial charge in [0.1, 0.15) is 18.5 Å². The maximum Gasteiger partial charge on any atom is 0.122 e. The predicted octanol–water partition coefficient (Wildman–Crippen LogP) is 2.29. The van der Waals surface area contributed by atoms with E-state index in [0.717, 1.165) is 17.9 Å².